The molecule has 1 aliphatic carbocycles. The molecule has 17 heavy (non-hydrogen) atoms. The molecule has 1 heterocycles. The Bertz CT molecular complexity index is 468. The minimum absolute atomic E-state index is 0.000446. The van der Waals surface area contributed by atoms with Gasteiger partial charge in [-0.1, -0.05) is 13.3 Å². The third-order valence-electron chi connectivity index (χ3n) is 3.70. The lowest BCUT2D eigenvalue weighted by atomic mass is 10.2. The van der Waals surface area contributed by atoms with Crippen molar-refractivity contribution in [2.45, 2.75) is 43.9 Å². The van der Waals surface area contributed by atoms with Gasteiger partial charge in [0.2, 0.25) is 10.0 Å². The van der Waals surface area contributed by atoms with Crippen LogP contribution in [0.2, 0.25) is 0 Å². The van der Waals surface area contributed by atoms with Crippen LogP contribution in [0.3, 0.4) is 0 Å². The molecule has 1 aliphatic heterocycles. The Morgan fingerprint density at radius 1 is 1.24 bits per heavy atom. The van der Waals surface area contributed by atoms with Gasteiger partial charge in [0.05, 0.1) is 16.8 Å². The highest BCUT2D eigenvalue weighted by Crippen LogP contribution is 2.34. The summed E-state index contributed by atoms with van der Waals surface area (Å²) in [6.07, 6.45) is 2.38. The molecule has 1 saturated heterocycles. The van der Waals surface area contributed by atoms with Crippen LogP contribution < -0.4 is 4.72 Å². The van der Waals surface area contributed by atoms with Crippen molar-refractivity contribution in [3.63, 3.8) is 0 Å². The highest BCUT2D eigenvalue weighted by Gasteiger charge is 2.41. The van der Waals surface area contributed by atoms with E-state index in [1.165, 1.54) is 0 Å². The number of hydrogen-bond donors (Lipinski definition) is 1. The van der Waals surface area contributed by atoms with E-state index in [4.69, 9.17) is 0 Å². The predicted octanol–water partition coefficient (Wildman–Crippen LogP) is 0.282. The summed E-state index contributed by atoms with van der Waals surface area (Å²) in [6, 6.07) is 0.0866. The van der Waals surface area contributed by atoms with Gasteiger partial charge in [0.15, 0.2) is 0 Å². The highest BCUT2D eigenvalue weighted by atomic mass is 32.2. The highest BCUT2D eigenvalue weighted by molar-refractivity contribution is 7.92. The SMILES string of the molecule is CC[C@@H]1C[C@H]1NS(=O)(=O)C1CCS(=O)(=O)CC1. The molecule has 2 rings (SSSR count). The van der Waals surface area contributed by atoms with Gasteiger partial charge in [-0.05, 0) is 25.2 Å². The zero-order valence-electron chi connectivity index (χ0n) is 9.92. The van der Waals surface area contributed by atoms with Gasteiger partial charge < -0.3 is 0 Å². The average molecular weight is 281 g/mol. The van der Waals surface area contributed by atoms with E-state index in [2.05, 4.69) is 4.72 Å². The Hall–Kier alpha value is -0.140. The smallest absolute Gasteiger partial charge is 0.214 e. The summed E-state index contributed by atoms with van der Waals surface area (Å²) in [6.45, 7) is 2.05. The topological polar surface area (TPSA) is 80.3 Å². The fourth-order valence-electron chi connectivity index (χ4n) is 2.33. The summed E-state index contributed by atoms with van der Waals surface area (Å²) in [5.41, 5.74) is 0. The molecule has 7 heteroatoms. The van der Waals surface area contributed by atoms with Crippen LogP contribution in [-0.2, 0) is 19.9 Å². The van der Waals surface area contributed by atoms with E-state index in [1.54, 1.807) is 0 Å². The molecular formula is C10H19NO4S2. The molecule has 0 bridgehead atoms. The van der Waals surface area contributed by atoms with Crippen LogP contribution in [0, 0.1) is 5.92 Å². The maximum Gasteiger partial charge on any atom is 0.214 e. The second-order valence-electron chi connectivity index (χ2n) is 5.02. The van der Waals surface area contributed by atoms with E-state index >= 15 is 0 Å². The Labute approximate surface area is 103 Å². The first-order valence-corrected chi connectivity index (χ1v) is 9.42. The second kappa shape index (κ2) is 4.51. The van der Waals surface area contributed by atoms with Crippen molar-refractivity contribution in [2.75, 3.05) is 11.5 Å². The molecule has 0 spiro atoms. The Kier molecular flexibility index (Phi) is 3.53. The fourth-order valence-corrected chi connectivity index (χ4v) is 5.88. The Balaban J connectivity index is 1.93. The van der Waals surface area contributed by atoms with Crippen molar-refractivity contribution in [1.82, 2.24) is 4.72 Å². The zero-order chi connectivity index (χ0) is 12.7. The van der Waals surface area contributed by atoms with Crippen LogP contribution in [0.4, 0.5) is 0 Å². The Morgan fingerprint density at radius 2 is 1.82 bits per heavy atom. The van der Waals surface area contributed by atoms with Crippen molar-refractivity contribution < 1.29 is 16.8 Å². The first-order valence-electron chi connectivity index (χ1n) is 6.05. The van der Waals surface area contributed by atoms with E-state index < -0.39 is 25.1 Å². The molecule has 0 unspecified atom stereocenters. The number of sulfone groups is 1. The van der Waals surface area contributed by atoms with Gasteiger partial charge in [-0.3, -0.25) is 0 Å². The minimum Gasteiger partial charge on any atom is -0.229 e. The van der Waals surface area contributed by atoms with Crippen molar-refractivity contribution in [1.29, 1.82) is 0 Å². The molecule has 2 atom stereocenters. The van der Waals surface area contributed by atoms with Gasteiger partial charge in [-0.15, -0.1) is 0 Å². The van der Waals surface area contributed by atoms with Gasteiger partial charge in [0.1, 0.15) is 9.84 Å². The van der Waals surface area contributed by atoms with Gasteiger partial charge >= 0.3 is 0 Å². The molecule has 0 radical (unpaired) electrons. The number of nitrogens with one attached hydrogen (secondary N) is 1. The quantitative estimate of drug-likeness (QED) is 0.802. The molecule has 0 aromatic rings. The molecular weight excluding hydrogens is 262 g/mol. The third kappa shape index (κ3) is 3.20. The largest absolute Gasteiger partial charge is 0.229 e. The summed E-state index contributed by atoms with van der Waals surface area (Å²) >= 11 is 0. The normalized spacial score (nSPS) is 33.5. The van der Waals surface area contributed by atoms with Crippen LogP contribution in [0.1, 0.15) is 32.6 Å². The van der Waals surface area contributed by atoms with Crippen LogP contribution in [0.15, 0.2) is 0 Å². The lowest BCUT2D eigenvalue weighted by molar-refractivity contribution is 0.539. The summed E-state index contributed by atoms with van der Waals surface area (Å²) in [5.74, 6) is 0.470. The van der Waals surface area contributed by atoms with Crippen LogP contribution >= 0.6 is 0 Å². The lowest BCUT2D eigenvalue weighted by Crippen LogP contribution is -2.41. The van der Waals surface area contributed by atoms with E-state index in [-0.39, 0.29) is 30.4 Å². The standard InChI is InChI=1S/C10H19NO4S2/c1-2-8-7-10(8)11-17(14,15)9-3-5-16(12,13)6-4-9/h8-11H,2-7H2,1H3/t8-,10-/m1/s1. The van der Waals surface area contributed by atoms with Gasteiger partial charge in [-0.25, -0.2) is 21.6 Å². The van der Waals surface area contributed by atoms with Crippen molar-refractivity contribution >= 4 is 19.9 Å². The molecule has 0 aromatic heterocycles. The van der Waals surface area contributed by atoms with Crippen LogP contribution in [0.5, 0.6) is 0 Å². The van der Waals surface area contributed by atoms with E-state index in [9.17, 15) is 16.8 Å². The molecule has 2 aliphatic rings. The number of hydrogen-bond acceptors (Lipinski definition) is 4. The van der Waals surface area contributed by atoms with Crippen molar-refractivity contribution in [2.24, 2.45) is 5.92 Å². The van der Waals surface area contributed by atoms with Crippen molar-refractivity contribution in [3.8, 4) is 0 Å². The maximum absolute atomic E-state index is 12.0. The Morgan fingerprint density at radius 3 is 2.29 bits per heavy atom. The van der Waals surface area contributed by atoms with E-state index in [0.717, 1.165) is 12.8 Å². The summed E-state index contributed by atoms with van der Waals surface area (Å²) in [5, 5.41) is -0.524. The zero-order valence-corrected chi connectivity index (χ0v) is 11.6. The lowest BCUT2D eigenvalue weighted by Gasteiger charge is -2.22. The number of rotatable bonds is 4. The maximum atomic E-state index is 12.0. The molecule has 100 valence electrons. The molecule has 1 N–H and O–H groups in total. The monoisotopic (exact) mass is 281 g/mol. The van der Waals surface area contributed by atoms with Crippen LogP contribution in [0.25, 0.3) is 0 Å². The first-order chi connectivity index (χ1) is 7.84. The summed E-state index contributed by atoms with van der Waals surface area (Å²) in [7, 11) is -6.32. The van der Waals surface area contributed by atoms with Gasteiger partial charge in [0, 0.05) is 6.04 Å². The molecule has 0 amide bonds. The third-order valence-corrected chi connectivity index (χ3v) is 7.40. The van der Waals surface area contributed by atoms with Crippen LogP contribution in [-0.4, -0.2) is 39.6 Å². The molecule has 0 aromatic carbocycles. The first kappa shape index (κ1) is 13.3. The molecule has 1 saturated carbocycles. The van der Waals surface area contributed by atoms with Gasteiger partial charge in [0.25, 0.3) is 0 Å². The fraction of sp³-hybridized carbons (Fsp3) is 1.00. The summed E-state index contributed by atoms with van der Waals surface area (Å²) in [4.78, 5) is 0. The second-order valence-corrected chi connectivity index (χ2v) is 9.32. The van der Waals surface area contributed by atoms with E-state index in [0.29, 0.717) is 5.92 Å². The van der Waals surface area contributed by atoms with Gasteiger partial charge in [-0.2, -0.15) is 0 Å². The summed E-state index contributed by atoms with van der Waals surface area (Å²) < 4.78 is 49.2. The molecule has 5 nitrogen and oxygen atoms in total. The molecule has 2 fully saturated rings. The van der Waals surface area contributed by atoms with E-state index in [1.807, 2.05) is 6.92 Å². The predicted molar refractivity (Wildman–Crippen MR) is 65.9 cm³/mol. The number of sulfonamides is 1. The van der Waals surface area contributed by atoms with Crippen molar-refractivity contribution in [3.05, 3.63) is 0 Å². The average Bonchev–Trinajstić information content (AvgIpc) is 2.94. The minimum atomic E-state index is -3.33.